The number of nitrogens with one attached hydrogen (secondary N) is 1. The van der Waals surface area contributed by atoms with Gasteiger partial charge in [0.1, 0.15) is 37.1 Å². The minimum absolute atomic E-state index is 0.156. The molecule has 0 aromatic heterocycles. The van der Waals surface area contributed by atoms with Crippen LogP contribution in [0.1, 0.15) is 45.2 Å². The number of allylic oxidation sites excluding steroid dienone is 4. The molecule has 2 amide bonds. The van der Waals surface area contributed by atoms with Crippen LogP contribution in [0.5, 0.6) is 11.5 Å². The summed E-state index contributed by atoms with van der Waals surface area (Å²) in [6, 6.07) is 22.0. The van der Waals surface area contributed by atoms with E-state index in [9.17, 15) is 9.59 Å². The first-order valence-electron chi connectivity index (χ1n) is 25.4. The van der Waals surface area contributed by atoms with E-state index in [-0.39, 0.29) is 18.4 Å². The molecular weight excluding hydrogens is 915 g/mol. The van der Waals surface area contributed by atoms with Crippen molar-refractivity contribution in [1.29, 1.82) is 0 Å². The third kappa shape index (κ3) is 13.4. The van der Waals surface area contributed by atoms with E-state index in [0.29, 0.717) is 148 Å². The zero-order valence-electron chi connectivity index (χ0n) is 42.3. The van der Waals surface area contributed by atoms with E-state index in [1.54, 1.807) is 25.3 Å². The summed E-state index contributed by atoms with van der Waals surface area (Å²) < 4.78 is 50.2. The Morgan fingerprint density at radius 1 is 0.681 bits per heavy atom. The molecule has 0 spiro atoms. The second-order valence-electron chi connectivity index (χ2n) is 18.1. The number of anilines is 3. The molecule has 0 saturated carbocycles. The van der Waals surface area contributed by atoms with Gasteiger partial charge >= 0.3 is 0 Å². The highest BCUT2D eigenvalue weighted by molar-refractivity contribution is 6.26. The Morgan fingerprint density at radius 3 is 2.04 bits per heavy atom. The number of rotatable bonds is 11. The minimum atomic E-state index is -0.312. The van der Waals surface area contributed by atoms with Crippen LogP contribution in [0, 0.1) is 6.92 Å². The van der Waals surface area contributed by atoms with Crippen molar-refractivity contribution in [3.63, 3.8) is 0 Å². The number of imide groups is 1. The van der Waals surface area contributed by atoms with E-state index >= 15 is 0 Å². The van der Waals surface area contributed by atoms with Gasteiger partial charge in [-0.2, -0.15) is 0 Å². The van der Waals surface area contributed by atoms with E-state index in [1.165, 1.54) is 4.90 Å². The Balaban J connectivity index is 1.08. The number of nitrogens with zero attached hydrogens (tertiary/aromatic N) is 4. The summed E-state index contributed by atoms with van der Waals surface area (Å²) >= 11 is 0. The van der Waals surface area contributed by atoms with E-state index in [2.05, 4.69) is 95.1 Å². The molecule has 4 aliphatic heterocycles. The number of hydrogen-bond donors (Lipinski definition) is 1. The Hall–Kier alpha value is -6.36. The van der Waals surface area contributed by atoms with Gasteiger partial charge in [0.15, 0.2) is 0 Å². The lowest BCUT2D eigenvalue weighted by Crippen LogP contribution is -2.40. The number of hydrogen-bond acceptors (Lipinski definition) is 14. The van der Waals surface area contributed by atoms with Crippen molar-refractivity contribution >= 4 is 39.6 Å². The number of ether oxygens (including phenoxy) is 8. The van der Waals surface area contributed by atoms with Gasteiger partial charge in [-0.25, -0.2) is 0 Å². The average Bonchev–Trinajstić information content (AvgIpc) is 3.57. The number of benzene rings is 4. The molecule has 1 aliphatic carbocycles. The predicted molar refractivity (Wildman–Crippen MR) is 282 cm³/mol. The number of fused-ring (bicyclic) bond motifs is 20. The van der Waals surface area contributed by atoms with Gasteiger partial charge in [-0.3, -0.25) is 14.5 Å². The maximum absolute atomic E-state index is 13.4. The van der Waals surface area contributed by atoms with Crippen molar-refractivity contribution in [3.8, 4) is 11.5 Å². The Morgan fingerprint density at radius 2 is 1.33 bits per heavy atom. The average molecular weight is 986 g/mol. The Labute approximate surface area is 424 Å². The monoisotopic (exact) mass is 986 g/mol. The number of aryl methyl sites for hydroxylation is 1. The number of carbonyl (C=O) groups excluding carboxylic acids is 2. The zero-order valence-corrected chi connectivity index (χ0v) is 42.3. The minimum Gasteiger partial charge on any atom is -0.490 e. The first kappa shape index (κ1) is 52.0. The van der Waals surface area contributed by atoms with Gasteiger partial charge in [0.25, 0.3) is 11.8 Å². The lowest BCUT2D eigenvalue weighted by Gasteiger charge is -2.30. The first-order valence-corrected chi connectivity index (χ1v) is 25.4. The van der Waals surface area contributed by atoms with E-state index in [4.69, 9.17) is 37.9 Å². The molecule has 4 heterocycles. The normalized spacial score (nSPS) is 18.1. The fraction of sp³-hybridized carbons (Fsp3) is 0.439. The second kappa shape index (κ2) is 26.4. The first-order chi connectivity index (χ1) is 35.3. The molecule has 5 aliphatic rings. The van der Waals surface area contributed by atoms with Crippen LogP contribution >= 0.6 is 0 Å². The lowest BCUT2D eigenvalue weighted by atomic mass is 9.93. The predicted octanol–water partition coefficient (Wildman–Crippen LogP) is 7.83. The van der Waals surface area contributed by atoms with Gasteiger partial charge in [-0.15, -0.1) is 6.58 Å². The van der Waals surface area contributed by atoms with E-state index in [0.717, 1.165) is 68.5 Å². The van der Waals surface area contributed by atoms with Crippen LogP contribution in [-0.4, -0.2) is 160 Å². The van der Waals surface area contributed by atoms with Crippen LogP contribution in [0.15, 0.2) is 115 Å². The highest BCUT2D eigenvalue weighted by atomic mass is 16.5. The molecule has 4 aromatic carbocycles. The summed E-state index contributed by atoms with van der Waals surface area (Å²) in [5.74, 6) is 1.69. The second-order valence-corrected chi connectivity index (χ2v) is 18.1. The van der Waals surface area contributed by atoms with Crippen molar-refractivity contribution in [2.24, 2.45) is 0 Å². The molecule has 15 nitrogen and oxygen atoms in total. The van der Waals surface area contributed by atoms with Gasteiger partial charge in [0.05, 0.1) is 89.6 Å². The molecule has 0 atom stereocenters. The number of amides is 2. The smallest absolute Gasteiger partial charge is 0.261 e. The summed E-state index contributed by atoms with van der Waals surface area (Å²) in [6.07, 6.45) is 9.59. The third-order valence-electron chi connectivity index (χ3n) is 13.1. The fourth-order valence-corrected chi connectivity index (χ4v) is 9.39. The molecule has 2 bridgehead atoms. The highest BCUT2D eigenvalue weighted by Gasteiger charge is 2.32. The van der Waals surface area contributed by atoms with Crippen molar-refractivity contribution in [2.45, 2.75) is 26.7 Å². The molecular formula is C57H71N5O10. The van der Waals surface area contributed by atoms with Crippen LogP contribution in [-0.2, 0) is 34.8 Å². The summed E-state index contributed by atoms with van der Waals surface area (Å²) in [4.78, 5) is 34.9. The fourth-order valence-electron chi connectivity index (χ4n) is 9.39. The molecule has 0 unspecified atom stereocenters. The standard InChI is InChI=1S/C57H71N5O10/c1-5-20-62-56(63)46-10-7-9-45-48(15-14-47(55(45)46)57(62)64)58-19-18-44-13-17-51(54(41-44)72-38-33-65-4)61-25-31-70-52-39-42(2)8-6-11-49(52)59-21-27-66-34-36-68-29-23-60(24-30-69-37-35-67-28-22-59)50-16-12-43(3)40-53(50)71-32-26-61/h5,7-17,39-41,58H,1,6,18-38H2,2-4H3. The maximum atomic E-state index is 13.4. The molecule has 1 fully saturated rings. The molecule has 1 saturated heterocycles. The summed E-state index contributed by atoms with van der Waals surface area (Å²) in [5.41, 5.74) is 8.07. The van der Waals surface area contributed by atoms with Gasteiger partial charge in [-0.05, 0) is 86.4 Å². The molecule has 0 radical (unpaired) electrons. The van der Waals surface area contributed by atoms with Crippen molar-refractivity contribution in [3.05, 3.63) is 137 Å². The molecule has 1 N–H and O–H groups in total. The highest BCUT2D eigenvalue weighted by Crippen LogP contribution is 2.36. The van der Waals surface area contributed by atoms with Gasteiger partial charge in [-0.1, -0.05) is 48.1 Å². The molecule has 72 heavy (non-hydrogen) atoms. The molecule has 9 rings (SSSR count). The third-order valence-corrected chi connectivity index (χ3v) is 13.1. The van der Waals surface area contributed by atoms with Crippen LogP contribution in [0.25, 0.3) is 10.8 Å². The van der Waals surface area contributed by atoms with Crippen LogP contribution in [0.3, 0.4) is 0 Å². The summed E-state index contributed by atoms with van der Waals surface area (Å²) in [6.45, 7) is 18.0. The largest absolute Gasteiger partial charge is 0.490 e. The van der Waals surface area contributed by atoms with Crippen molar-refractivity contribution in [1.82, 2.24) is 9.80 Å². The van der Waals surface area contributed by atoms with E-state index in [1.807, 2.05) is 18.2 Å². The van der Waals surface area contributed by atoms with Gasteiger partial charge in [0, 0.05) is 74.0 Å². The topological polar surface area (TPSA) is 133 Å². The Bertz CT molecular complexity index is 2550. The zero-order chi connectivity index (χ0) is 50.1. The molecule has 384 valence electrons. The van der Waals surface area contributed by atoms with Crippen LogP contribution in [0.4, 0.5) is 17.1 Å². The molecule has 15 heteroatoms. The Kier molecular flexibility index (Phi) is 19.0. The molecule has 4 aromatic rings. The summed E-state index contributed by atoms with van der Waals surface area (Å²) in [7, 11) is 1.67. The number of carbonyl (C=O) groups is 2. The van der Waals surface area contributed by atoms with Gasteiger partial charge < -0.3 is 57.9 Å². The van der Waals surface area contributed by atoms with Gasteiger partial charge in [0.2, 0.25) is 0 Å². The maximum Gasteiger partial charge on any atom is 0.261 e. The van der Waals surface area contributed by atoms with Crippen molar-refractivity contribution < 1.29 is 47.5 Å². The lowest BCUT2D eigenvalue weighted by molar-refractivity contribution is 0.0265. The van der Waals surface area contributed by atoms with Crippen LogP contribution in [0.2, 0.25) is 0 Å². The van der Waals surface area contributed by atoms with Crippen molar-refractivity contribution in [2.75, 3.05) is 154 Å². The SMILES string of the molecule is C=CCN1C(=O)c2cccc3c(NCCc4ccc(N5CCOC6=CC(C)=CCC=C6N6CCOCCOCCN(CCOCCOCC6)c6ccc(C)cc6OCC5)c(OCCOC)c4)ccc(c23)C1=O. The van der Waals surface area contributed by atoms with E-state index < -0.39 is 0 Å². The van der Waals surface area contributed by atoms with Crippen LogP contribution < -0.4 is 24.6 Å². The summed E-state index contributed by atoms with van der Waals surface area (Å²) in [5, 5.41) is 5.10. The number of methoxy groups -OCH3 is 1. The quantitative estimate of drug-likeness (QED) is 0.0678.